The van der Waals surface area contributed by atoms with Gasteiger partial charge in [0.05, 0.1) is 34.6 Å². The number of amides is 1. The molecule has 3 rings (SSSR count). The van der Waals surface area contributed by atoms with E-state index in [-0.39, 0.29) is 22.9 Å². The van der Waals surface area contributed by atoms with Gasteiger partial charge < -0.3 is 5.32 Å². The smallest absolute Gasteiger partial charge is 0.227 e. The van der Waals surface area contributed by atoms with Crippen LogP contribution in [0.15, 0.2) is 48.5 Å². The molecule has 7 heteroatoms. The standard InChI is InChI=1S/C23H24Cl2FN3O/c1-14(15-8-9-19(25)20(26)10-15)22(30)27-13-18-12-21(23(2,3)4)28-29(18)17-7-5-6-16(24)11-17/h5-12,14H,13H2,1-4H3,(H,27,30). The number of benzene rings is 2. The highest BCUT2D eigenvalue weighted by atomic mass is 35.5. The van der Waals surface area contributed by atoms with Crippen LogP contribution in [0.5, 0.6) is 0 Å². The van der Waals surface area contributed by atoms with Crippen molar-refractivity contribution in [3.05, 3.63) is 81.3 Å². The normalized spacial score (nSPS) is 12.6. The monoisotopic (exact) mass is 447 g/mol. The number of nitrogens with one attached hydrogen (secondary N) is 1. The van der Waals surface area contributed by atoms with E-state index in [2.05, 4.69) is 26.1 Å². The van der Waals surface area contributed by atoms with Crippen LogP contribution in [0, 0.1) is 5.82 Å². The van der Waals surface area contributed by atoms with Gasteiger partial charge in [0.1, 0.15) is 5.82 Å². The van der Waals surface area contributed by atoms with Crippen LogP contribution in [0.2, 0.25) is 10.0 Å². The van der Waals surface area contributed by atoms with E-state index in [9.17, 15) is 9.18 Å². The van der Waals surface area contributed by atoms with Gasteiger partial charge in [-0.3, -0.25) is 4.79 Å². The Morgan fingerprint density at radius 2 is 1.90 bits per heavy atom. The van der Waals surface area contributed by atoms with Crippen molar-refractivity contribution >= 4 is 29.1 Å². The van der Waals surface area contributed by atoms with Crippen LogP contribution in [0.1, 0.15) is 50.6 Å². The third-order valence-corrected chi connectivity index (χ3v) is 5.43. The lowest BCUT2D eigenvalue weighted by molar-refractivity contribution is -0.122. The third kappa shape index (κ3) is 5.02. The van der Waals surface area contributed by atoms with E-state index in [1.165, 1.54) is 12.1 Å². The van der Waals surface area contributed by atoms with Crippen LogP contribution >= 0.6 is 23.2 Å². The largest absolute Gasteiger partial charge is 0.350 e. The SMILES string of the molecule is CC(C(=O)NCc1cc(C(C)(C)C)nn1-c1cccc(Cl)c1)c1ccc(Cl)c(F)c1. The quantitative estimate of drug-likeness (QED) is 0.518. The van der Waals surface area contributed by atoms with E-state index in [0.717, 1.165) is 17.1 Å². The fourth-order valence-electron chi connectivity index (χ4n) is 3.01. The molecule has 0 spiro atoms. The van der Waals surface area contributed by atoms with Crippen LogP contribution in [0.25, 0.3) is 5.69 Å². The Bertz CT molecular complexity index is 1070. The van der Waals surface area contributed by atoms with Crippen LogP contribution in [0.4, 0.5) is 4.39 Å². The third-order valence-electron chi connectivity index (χ3n) is 4.88. The molecule has 1 amide bonds. The first-order valence-corrected chi connectivity index (χ1v) is 10.4. The fourth-order valence-corrected chi connectivity index (χ4v) is 3.31. The maximum absolute atomic E-state index is 13.8. The minimum absolute atomic E-state index is 0.0338. The highest BCUT2D eigenvalue weighted by Crippen LogP contribution is 2.25. The summed E-state index contributed by atoms with van der Waals surface area (Å²) >= 11 is 11.9. The average Bonchev–Trinajstić information content (AvgIpc) is 3.12. The van der Waals surface area contributed by atoms with Crippen molar-refractivity contribution in [3.8, 4) is 5.69 Å². The Balaban J connectivity index is 1.84. The molecule has 2 aromatic carbocycles. The van der Waals surface area contributed by atoms with Gasteiger partial charge in [-0.25, -0.2) is 9.07 Å². The first kappa shape index (κ1) is 22.3. The lowest BCUT2D eigenvalue weighted by Crippen LogP contribution is -2.28. The Morgan fingerprint density at radius 1 is 1.17 bits per heavy atom. The van der Waals surface area contributed by atoms with Crippen molar-refractivity contribution in [3.63, 3.8) is 0 Å². The summed E-state index contributed by atoms with van der Waals surface area (Å²) in [5.41, 5.74) is 2.95. The van der Waals surface area contributed by atoms with Gasteiger partial charge >= 0.3 is 0 Å². The van der Waals surface area contributed by atoms with Crippen LogP contribution < -0.4 is 5.32 Å². The summed E-state index contributed by atoms with van der Waals surface area (Å²) in [7, 11) is 0. The highest BCUT2D eigenvalue weighted by molar-refractivity contribution is 6.31. The summed E-state index contributed by atoms with van der Waals surface area (Å²) in [6, 6.07) is 13.8. The molecule has 1 N–H and O–H groups in total. The number of carbonyl (C=O) groups excluding carboxylic acids is 1. The molecule has 0 aliphatic rings. The molecule has 0 aliphatic heterocycles. The van der Waals surface area contributed by atoms with Gasteiger partial charge in [0, 0.05) is 10.4 Å². The topological polar surface area (TPSA) is 46.9 Å². The fraction of sp³-hybridized carbons (Fsp3) is 0.304. The van der Waals surface area contributed by atoms with E-state index < -0.39 is 11.7 Å². The summed E-state index contributed by atoms with van der Waals surface area (Å²) in [6.07, 6.45) is 0. The number of halogens is 3. The van der Waals surface area contributed by atoms with Gasteiger partial charge in [0.2, 0.25) is 5.91 Å². The summed E-state index contributed by atoms with van der Waals surface area (Å²) in [4.78, 5) is 12.7. The molecule has 0 aliphatic carbocycles. The number of nitrogens with zero attached hydrogens (tertiary/aromatic N) is 2. The van der Waals surface area contributed by atoms with E-state index >= 15 is 0 Å². The van der Waals surface area contributed by atoms with Crippen LogP contribution in [-0.4, -0.2) is 15.7 Å². The summed E-state index contributed by atoms with van der Waals surface area (Å²) in [6.45, 7) is 8.24. The first-order valence-electron chi connectivity index (χ1n) is 9.64. The van der Waals surface area contributed by atoms with Gasteiger partial charge in [-0.1, -0.05) is 56.1 Å². The molecule has 1 heterocycles. The van der Waals surface area contributed by atoms with Crippen LogP contribution in [0.3, 0.4) is 0 Å². The molecular weight excluding hydrogens is 424 g/mol. The Morgan fingerprint density at radius 3 is 2.53 bits per heavy atom. The Hall–Kier alpha value is -2.37. The van der Waals surface area contributed by atoms with E-state index in [4.69, 9.17) is 28.3 Å². The maximum Gasteiger partial charge on any atom is 0.227 e. The second kappa shape index (κ2) is 8.78. The predicted octanol–water partition coefficient (Wildman–Crippen LogP) is 6.04. The van der Waals surface area contributed by atoms with E-state index in [1.54, 1.807) is 23.7 Å². The lowest BCUT2D eigenvalue weighted by Gasteiger charge is -2.14. The molecule has 0 bridgehead atoms. The molecule has 0 saturated carbocycles. The zero-order valence-corrected chi connectivity index (χ0v) is 18.9. The lowest BCUT2D eigenvalue weighted by atomic mass is 9.92. The number of aromatic nitrogens is 2. The summed E-state index contributed by atoms with van der Waals surface area (Å²) < 4.78 is 15.5. The van der Waals surface area contributed by atoms with E-state index in [0.29, 0.717) is 10.6 Å². The molecule has 0 saturated heterocycles. The van der Waals surface area contributed by atoms with Crippen molar-refractivity contribution in [2.45, 2.75) is 45.6 Å². The second-order valence-corrected chi connectivity index (χ2v) is 9.12. The zero-order valence-electron chi connectivity index (χ0n) is 17.3. The summed E-state index contributed by atoms with van der Waals surface area (Å²) in [5, 5.41) is 8.31. The van der Waals surface area contributed by atoms with Gasteiger partial charge in [0.15, 0.2) is 0 Å². The maximum atomic E-state index is 13.8. The van der Waals surface area contributed by atoms with Gasteiger partial charge in [-0.15, -0.1) is 0 Å². The molecule has 0 radical (unpaired) electrons. The van der Waals surface area contributed by atoms with Crippen molar-refractivity contribution in [2.75, 3.05) is 0 Å². The number of rotatable bonds is 5. The first-order chi connectivity index (χ1) is 14.1. The minimum Gasteiger partial charge on any atom is -0.350 e. The highest BCUT2D eigenvalue weighted by Gasteiger charge is 2.22. The Labute approximate surface area is 186 Å². The molecule has 1 atom stereocenters. The van der Waals surface area contributed by atoms with Crippen molar-refractivity contribution in [1.82, 2.24) is 15.1 Å². The zero-order chi connectivity index (χ0) is 22.1. The van der Waals surface area contributed by atoms with Crippen molar-refractivity contribution in [1.29, 1.82) is 0 Å². The number of hydrogen-bond donors (Lipinski definition) is 1. The number of hydrogen-bond acceptors (Lipinski definition) is 2. The molecule has 30 heavy (non-hydrogen) atoms. The molecule has 1 unspecified atom stereocenters. The molecule has 4 nitrogen and oxygen atoms in total. The molecular formula is C23H24Cl2FN3O. The molecule has 1 aromatic heterocycles. The van der Waals surface area contributed by atoms with Crippen molar-refractivity contribution < 1.29 is 9.18 Å². The van der Waals surface area contributed by atoms with Crippen molar-refractivity contribution in [2.24, 2.45) is 0 Å². The number of carbonyl (C=O) groups is 1. The van der Waals surface area contributed by atoms with E-state index in [1.807, 2.05) is 24.3 Å². The molecule has 158 valence electrons. The van der Waals surface area contributed by atoms with Gasteiger partial charge in [0.25, 0.3) is 0 Å². The molecule has 0 fully saturated rings. The molecule has 3 aromatic rings. The summed E-state index contributed by atoms with van der Waals surface area (Å²) in [5.74, 6) is -1.28. The van der Waals surface area contributed by atoms with Gasteiger partial charge in [-0.05, 0) is 48.9 Å². The Kier molecular flexibility index (Phi) is 6.53. The predicted molar refractivity (Wildman–Crippen MR) is 119 cm³/mol. The average molecular weight is 448 g/mol. The second-order valence-electron chi connectivity index (χ2n) is 8.28. The van der Waals surface area contributed by atoms with Gasteiger partial charge in [-0.2, -0.15) is 5.10 Å². The van der Waals surface area contributed by atoms with Crippen LogP contribution in [-0.2, 0) is 16.8 Å². The minimum atomic E-state index is -0.539.